The lowest BCUT2D eigenvalue weighted by Gasteiger charge is -2.27. The molecule has 65 heavy (non-hydrogen) atoms. The molecule has 370 valence electrons. The van der Waals surface area contributed by atoms with Crippen LogP contribution in [0.3, 0.4) is 0 Å². The lowest BCUT2D eigenvalue weighted by atomic mass is 10.0. The zero-order chi connectivity index (χ0) is 46.4. The Balaban J connectivity index is 0.971. The molecule has 1 aromatic carbocycles. The van der Waals surface area contributed by atoms with E-state index >= 15 is 0 Å². The molecule has 1 unspecified atom stereocenters. The molecule has 0 bridgehead atoms. The van der Waals surface area contributed by atoms with Crippen LogP contribution in [-0.4, -0.2) is 146 Å². The van der Waals surface area contributed by atoms with E-state index in [0.29, 0.717) is 106 Å². The number of nitrogens with one attached hydrogen (secondary N) is 2. The van der Waals surface area contributed by atoms with Gasteiger partial charge < -0.3 is 43.2 Å². The molecule has 16 nitrogen and oxygen atoms in total. The highest BCUT2D eigenvalue weighted by atomic mass is 16.6. The Labute approximate surface area is 388 Å². The van der Waals surface area contributed by atoms with E-state index in [0.717, 1.165) is 30.8 Å². The standard InChI is InChI=1S/C49H81N3O13/c1-2-3-4-5-6-7-8-9-10-11-12-13-14-17-25-58-27-29-60-31-33-62-35-37-64-39-40-65-38-36-63-34-32-61-30-28-59-26-18-15-16-22-44(53)50-42-21-19-20-41-46(42)49(57)52(48(41)56)43-23-24-45(54)51-47(43)55/h19-21,43H,2-18,22-40H2,1H3,(H,50,53)(H,51,54,55). The third kappa shape index (κ3) is 25.4. The van der Waals surface area contributed by atoms with Crippen molar-refractivity contribution in [3.8, 4) is 0 Å². The number of rotatable bonds is 44. The van der Waals surface area contributed by atoms with Crippen LogP contribution >= 0.6 is 0 Å². The van der Waals surface area contributed by atoms with E-state index in [1.165, 1.54) is 89.5 Å². The van der Waals surface area contributed by atoms with Gasteiger partial charge in [0.2, 0.25) is 17.7 Å². The number of carbonyl (C=O) groups excluding carboxylic acids is 5. The van der Waals surface area contributed by atoms with E-state index in [4.69, 9.17) is 37.9 Å². The van der Waals surface area contributed by atoms with Crippen LogP contribution in [0, 0.1) is 0 Å². The van der Waals surface area contributed by atoms with E-state index in [9.17, 15) is 24.0 Å². The van der Waals surface area contributed by atoms with Crippen molar-refractivity contribution in [2.24, 2.45) is 0 Å². The van der Waals surface area contributed by atoms with Crippen molar-refractivity contribution >= 4 is 35.2 Å². The molecule has 0 radical (unpaired) electrons. The van der Waals surface area contributed by atoms with Crippen LogP contribution in [0.25, 0.3) is 0 Å². The fraction of sp³-hybridized carbons (Fsp3) is 0.776. The number of anilines is 1. The summed E-state index contributed by atoms with van der Waals surface area (Å²) >= 11 is 0. The molecule has 0 aliphatic carbocycles. The topological polar surface area (TPSA) is 186 Å². The molecule has 1 saturated heterocycles. The fourth-order valence-electron chi connectivity index (χ4n) is 7.54. The van der Waals surface area contributed by atoms with Crippen LogP contribution in [0.1, 0.15) is 156 Å². The Kier molecular flexibility index (Phi) is 32.5. The highest BCUT2D eigenvalue weighted by molar-refractivity contribution is 6.26. The molecule has 2 N–H and O–H groups in total. The van der Waals surface area contributed by atoms with Crippen molar-refractivity contribution in [1.82, 2.24) is 10.2 Å². The van der Waals surface area contributed by atoms with Crippen LogP contribution in [0.5, 0.6) is 0 Å². The van der Waals surface area contributed by atoms with Crippen LogP contribution in [0.2, 0.25) is 0 Å². The molecule has 2 aliphatic rings. The quantitative estimate of drug-likeness (QED) is 0.0495. The molecule has 0 spiro atoms. The first-order valence-electron chi connectivity index (χ1n) is 24.7. The summed E-state index contributed by atoms with van der Waals surface area (Å²) in [5, 5.41) is 4.92. The first-order chi connectivity index (χ1) is 31.9. The first-order valence-corrected chi connectivity index (χ1v) is 24.7. The second kappa shape index (κ2) is 37.7. The van der Waals surface area contributed by atoms with E-state index in [1.54, 1.807) is 12.1 Å². The van der Waals surface area contributed by atoms with Crippen molar-refractivity contribution in [3.63, 3.8) is 0 Å². The normalized spacial score (nSPS) is 15.0. The number of fused-ring (bicyclic) bond motifs is 1. The molecule has 16 heteroatoms. The zero-order valence-corrected chi connectivity index (χ0v) is 39.5. The molecule has 2 aliphatic heterocycles. The highest BCUT2D eigenvalue weighted by Crippen LogP contribution is 2.32. The lowest BCUT2D eigenvalue weighted by Crippen LogP contribution is -2.54. The number of hydrogen-bond acceptors (Lipinski definition) is 13. The maximum Gasteiger partial charge on any atom is 0.264 e. The molecule has 1 aromatic rings. The number of nitrogens with zero attached hydrogens (tertiary/aromatic N) is 1. The van der Waals surface area contributed by atoms with E-state index in [-0.39, 0.29) is 42.0 Å². The van der Waals surface area contributed by atoms with Gasteiger partial charge in [-0.2, -0.15) is 0 Å². The average molecular weight is 920 g/mol. The zero-order valence-electron chi connectivity index (χ0n) is 39.5. The van der Waals surface area contributed by atoms with Crippen LogP contribution in [-0.2, 0) is 52.3 Å². The predicted octanol–water partition coefficient (Wildman–Crippen LogP) is 7.20. The largest absolute Gasteiger partial charge is 0.379 e. The molecular weight excluding hydrogens is 839 g/mol. The molecule has 1 atom stereocenters. The summed E-state index contributed by atoms with van der Waals surface area (Å²) in [6, 6.07) is 3.55. The number of carbonyl (C=O) groups is 5. The summed E-state index contributed by atoms with van der Waals surface area (Å²) in [7, 11) is 0. The Morgan fingerprint density at radius 3 is 1.37 bits per heavy atom. The maximum absolute atomic E-state index is 13.2. The summed E-state index contributed by atoms with van der Waals surface area (Å²) < 4.78 is 44.6. The van der Waals surface area contributed by atoms with Gasteiger partial charge in [-0.15, -0.1) is 0 Å². The second-order valence-corrected chi connectivity index (χ2v) is 16.5. The average Bonchev–Trinajstić information content (AvgIpc) is 3.55. The van der Waals surface area contributed by atoms with Gasteiger partial charge in [0, 0.05) is 26.1 Å². The van der Waals surface area contributed by atoms with Crippen LogP contribution in [0.15, 0.2) is 18.2 Å². The molecule has 3 rings (SSSR count). The highest BCUT2D eigenvalue weighted by Gasteiger charge is 2.45. The van der Waals surface area contributed by atoms with Gasteiger partial charge in [-0.05, 0) is 37.8 Å². The van der Waals surface area contributed by atoms with E-state index < -0.39 is 29.7 Å². The van der Waals surface area contributed by atoms with Gasteiger partial charge in [-0.1, -0.05) is 103 Å². The summed E-state index contributed by atoms with van der Waals surface area (Å²) in [5.74, 6) is -2.70. The van der Waals surface area contributed by atoms with Crippen molar-refractivity contribution in [3.05, 3.63) is 29.3 Å². The van der Waals surface area contributed by atoms with Gasteiger partial charge in [0.25, 0.3) is 11.8 Å². The monoisotopic (exact) mass is 920 g/mol. The number of imide groups is 2. The lowest BCUT2D eigenvalue weighted by molar-refractivity contribution is -0.136. The molecule has 0 saturated carbocycles. The van der Waals surface area contributed by atoms with E-state index in [2.05, 4.69) is 17.6 Å². The summed E-state index contributed by atoms with van der Waals surface area (Å²) in [6.07, 6.45) is 21.6. The minimum Gasteiger partial charge on any atom is -0.379 e. The number of unbranched alkanes of at least 4 members (excludes halogenated alkanes) is 15. The molecule has 1 fully saturated rings. The molecule has 5 amide bonds. The summed E-state index contributed by atoms with van der Waals surface area (Å²) in [5.41, 5.74) is 0.396. The van der Waals surface area contributed by atoms with Crippen molar-refractivity contribution < 1.29 is 61.9 Å². The third-order valence-corrected chi connectivity index (χ3v) is 11.2. The number of ether oxygens (including phenoxy) is 8. The van der Waals surface area contributed by atoms with Gasteiger partial charge in [0.1, 0.15) is 6.04 Å². The fourth-order valence-corrected chi connectivity index (χ4v) is 7.54. The smallest absolute Gasteiger partial charge is 0.264 e. The van der Waals surface area contributed by atoms with Gasteiger partial charge >= 0.3 is 0 Å². The number of hydrogen-bond donors (Lipinski definition) is 2. The minimum atomic E-state index is -1.07. The Hall–Kier alpha value is -3.35. The predicted molar refractivity (Wildman–Crippen MR) is 247 cm³/mol. The summed E-state index contributed by atoms with van der Waals surface area (Å²) in [6.45, 7) is 10.7. The van der Waals surface area contributed by atoms with Crippen molar-refractivity contribution in [2.45, 2.75) is 141 Å². The van der Waals surface area contributed by atoms with Gasteiger partial charge in [0.05, 0.1) is 109 Å². The van der Waals surface area contributed by atoms with Crippen molar-refractivity contribution in [2.75, 3.05) is 111 Å². The van der Waals surface area contributed by atoms with Gasteiger partial charge in [-0.25, -0.2) is 0 Å². The molecule has 0 aromatic heterocycles. The molecule has 2 heterocycles. The van der Waals surface area contributed by atoms with Crippen LogP contribution in [0.4, 0.5) is 5.69 Å². The maximum atomic E-state index is 13.2. The summed E-state index contributed by atoms with van der Waals surface area (Å²) in [4.78, 5) is 63.6. The van der Waals surface area contributed by atoms with Gasteiger partial charge in [0.15, 0.2) is 0 Å². The number of piperidine rings is 1. The Morgan fingerprint density at radius 1 is 0.538 bits per heavy atom. The second-order valence-electron chi connectivity index (χ2n) is 16.5. The third-order valence-electron chi connectivity index (χ3n) is 11.2. The Morgan fingerprint density at radius 2 is 0.938 bits per heavy atom. The van der Waals surface area contributed by atoms with Crippen LogP contribution < -0.4 is 10.6 Å². The van der Waals surface area contributed by atoms with Crippen molar-refractivity contribution in [1.29, 1.82) is 0 Å². The first kappa shape index (κ1) is 56.0. The van der Waals surface area contributed by atoms with Gasteiger partial charge in [-0.3, -0.25) is 34.2 Å². The Bertz CT molecular complexity index is 1460. The minimum absolute atomic E-state index is 0.0313. The van der Waals surface area contributed by atoms with E-state index in [1.807, 2.05) is 0 Å². The number of benzene rings is 1. The molecular formula is C49H81N3O13. The number of amides is 5. The SMILES string of the molecule is CCCCCCCCCCCCCCCCOCCOCCOCCOCCOCCOCCOCCOCCCCCC(=O)Nc1cccc2c1C(=O)N(C1CCC(=O)NC1=O)C2=O.